The second-order valence-electron chi connectivity index (χ2n) is 5.09. The van der Waals surface area contributed by atoms with Crippen molar-refractivity contribution in [1.29, 1.82) is 0 Å². The third-order valence-corrected chi connectivity index (χ3v) is 3.23. The van der Waals surface area contributed by atoms with E-state index in [9.17, 15) is 9.59 Å². The van der Waals surface area contributed by atoms with Gasteiger partial charge in [0.15, 0.2) is 0 Å². The lowest BCUT2D eigenvalue weighted by atomic mass is 9.97. The first-order valence-corrected chi connectivity index (χ1v) is 6.98. The molecule has 1 rings (SSSR count). The molecule has 3 amide bonds. The quantitative estimate of drug-likeness (QED) is 0.646. The molecule has 1 saturated heterocycles. The second kappa shape index (κ2) is 8.76. The number of nitrogens with one attached hydrogen (secondary N) is 1. The van der Waals surface area contributed by atoms with Gasteiger partial charge in [-0.1, -0.05) is 0 Å². The van der Waals surface area contributed by atoms with E-state index in [1.807, 2.05) is 0 Å². The Balaban J connectivity index is 2.31. The Morgan fingerprint density at radius 3 is 2.80 bits per heavy atom. The Kier molecular flexibility index (Phi) is 7.32. The summed E-state index contributed by atoms with van der Waals surface area (Å²) in [6.07, 6.45) is 1.65. The number of rotatable bonds is 6. The average Bonchev–Trinajstić information content (AvgIpc) is 2.46. The molecule has 2 N–H and O–H groups in total. The topological polar surface area (TPSA) is 82.1 Å². The number of hydrogen-bond acceptors (Lipinski definition) is 4. The maximum Gasteiger partial charge on any atom is 0.319 e. The summed E-state index contributed by atoms with van der Waals surface area (Å²) in [6.45, 7) is 2.26. The van der Waals surface area contributed by atoms with E-state index in [4.69, 9.17) is 9.84 Å². The highest BCUT2D eigenvalue weighted by atomic mass is 16.5. The smallest absolute Gasteiger partial charge is 0.319 e. The number of hydrogen-bond donors (Lipinski definition) is 2. The van der Waals surface area contributed by atoms with E-state index in [0.29, 0.717) is 26.2 Å². The summed E-state index contributed by atoms with van der Waals surface area (Å²) in [5, 5.41) is 11.4. The van der Waals surface area contributed by atoms with Gasteiger partial charge in [0.1, 0.15) is 0 Å². The summed E-state index contributed by atoms with van der Waals surface area (Å²) in [6, 6.07) is -0.0474. The number of aliphatic hydroxyl groups excluding tert-OH is 1. The van der Waals surface area contributed by atoms with Gasteiger partial charge in [-0.25, -0.2) is 4.79 Å². The molecule has 1 heterocycles. The number of aliphatic hydroxyl groups is 1. The zero-order valence-electron chi connectivity index (χ0n) is 12.3. The summed E-state index contributed by atoms with van der Waals surface area (Å²) in [7, 11) is 3.43. The van der Waals surface area contributed by atoms with Gasteiger partial charge in [-0.2, -0.15) is 0 Å². The number of amides is 3. The minimum absolute atomic E-state index is 0.0157. The van der Waals surface area contributed by atoms with Crippen LogP contribution in [0.1, 0.15) is 12.8 Å². The zero-order chi connectivity index (χ0) is 15.0. The fourth-order valence-corrected chi connectivity index (χ4v) is 2.21. The minimum Gasteiger partial charge on any atom is -0.394 e. The summed E-state index contributed by atoms with van der Waals surface area (Å²) in [4.78, 5) is 27.1. The molecule has 7 heteroatoms. The van der Waals surface area contributed by atoms with Crippen molar-refractivity contribution in [2.24, 2.45) is 5.92 Å². The SMILES string of the molecule is CN(C)C(=O)N1CCCC(C(=O)NCCOCCO)C1. The predicted molar refractivity (Wildman–Crippen MR) is 74.3 cm³/mol. The minimum atomic E-state index is -0.148. The van der Waals surface area contributed by atoms with E-state index >= 15 is 0 Å². The molecule has 0 aromatic rings. The van der Waals surface area contributed by atoms with Gasteiger partial charge in [0.05, 0.1) is 25.7 Å². The highest BCUT2D eigenvalue weighted by molar-refractivity contribution is 5.80. The first-order chi connectivity index (χ1) is 9.56. The molecule has 1 aliphatic heterocycles. The second-order valence-corrected chi connectivity index (χ2v) is 5.09. The van der Waals surface area contributed by atoms with Gasteiger partial charge in [-0.15, -0.1) is 0 Å². The molecule has 1 aliphatic rings. The number of carbonyl (C=O) groups excluding carboxylic acids is 2. The summed E-state index contributed by atoms with van der Waals surface area (Å²) >= 11 is 0. The van der Waals surface area contributed by atoms with E-state index in [2.05, 4.69) is 5.32 Å². The van der Waals surface area contributed by atoms with Crippen molar-refractivity contribution < 1.29 is 19.4 Å². The van der Waals surface area contributed by atoms with Crippen LogP contribution < -0.4 is 5.32 Å². The first kappa shape index (κ1) is 16.7. The molecule has 7 nitrogen and oxygen atoms in total. The van der Waals surface area contributed by atoms with Crippen molar-refractivity contribution in [2.45, 2.75) is 12.8 Å². The Bertz CT molecular complexity index is 323. The van der Waals surface area contributed by atoms with E-state index in [-0.39, 0.29) is 31.1 Å². The van der Waals surface area contributed by atoms with Gasteiger partial charge in [0.2, 0.25) is 5.91 Å². The number of nitrogens with zero attached hydrogens (tertiary/aromatic N) is 2. The summed E-state index contributed by atoms with van der Waals surface area (Å²) in [5.74, 6) is -0.181. The number of likely N-dealkylation sites (tertiary alicyclic amines) is 1. The van der Waals surface area contributed by atoms with Crippen LogP contribution in [0.15, 0.2) is 0 Å². The fraction of sp³-hybridized carbons (Fsp3) is 0.846. The summed E-state index contributed by atoms with van der Waals surface area (Å²) < 4.78 is 5.08. The average molecular weight is 287 g/mol. The molecular weight excluding hydrogens is 262 g/mol. The fourth-order valence-electron chi connectivity index (χ4n) is 2.21. The number of urea groups is 1. The first-order valence-electron chi connectivity index (χ1n) is 6.98. The highest BCUT2D eigenvalue weighted by Gasteiger charge is 2.28. The molecule has 1 unspecified atom stereocenters. The summed E-state index contributed by atoms with van der Waals surface area (Å²) in [5.41, 5.74) is 0. The molecule has 0 saturated carbocycles. The molecule has 1 atom stereocenters. The van der Waals surface area contributed by atoms with Gasteiger partial charge in [-0.05, 0) is 12.8 Å². The Labute approximate surface area is 119 Å². The van der Waals surface area contributed by atoms with E-state index < -0.39 is 0 Å². The maximum atomic E-state index is 12.0. The lowest BCUT2D eigenvalue weighted by Gasteiger charge is -2.33. The Morgan fingerprint density at radius 1 is 1.40 bits per heavy atom. The largest absolute Gasteiger partial charge is 0.394 e. The van der Waals surface area contributed by atoms with Crippen molar-refractivity contribution in [3.8, 4) is 0 Å². The van der Waals surface area contributed by atoms with Gasteiger partial charge in [0, 0.05) is 33.7 Å². The van der Waals surface area contributed by atoms with Crippen LogP contribution >= 0.6 is 0 Å². The molecule has 1 fully saturated rings. The number of ether oxygens (including phenoxy) is 1. The van der Waals surface area contributed by atoms with Gasteiger partial charge >= 0.3 is 6.03 Å². The maximum absolute atomic E-state index is 12.0. The standard InChI is InChI=1S/C13H25N3O4/c1-15(2)13(19)16-6-3-4-11(10-16)12(18)14-5-8-20-9-7-17/h11,17H,3-10H2,1-2H3,(H,14,18). The molecule has 0 aliphatic carbocycles. The third-order valence-electron chi connectivity index (χ3n) is 3.23. The van der Waals surface area contributed by atoms with Crippen LogP contribution in [0, 0.1) is 5.92 Å². The highest BCUT2D eigenvalue weighted by Crippen LogP contribution is 2.17. The lowest BCUT2D eigenvalue weighted by molar-refractivity contribution is -0.126. The van der Waals surface area contributed by atoms with Crippen LogP contribution in [0.4, 0.5) is 4.79 Å². The number of carbonyl (C=O) groups is 2. The molecule has 0 spiro atoms. The molecule has 20 heavy (non-hydrogen) atoms. The third kappa shape index (κ3) is 5.34. The molecule has 0 aromatic carbocycles. The molecule has 0 aromatic heterocycles. The van der Waals surface area contributed by atoms with Crippen LogP contribution in [-0.2, 0) is 9.53 Å². The van der Waals surface area contributed by atoms with Gasteiger partial charge in [-0.3, -0.25) is 4.79 Å². The van der Waals surface area contributed by atoms with Gasteiger partial charge in [0.25, 0.3) is 0 Å². The van der Waals surface area contributed by atoms with Crippen LogP contribution in [0.5, 0.6) is 0 Å². The van der Waals surface area contributed by atoms with Crippen molar-refractivity contribution in [3.63, 3.8) is 0 Å². The zero-order valence-corrected chi connectivity index (χ0v) is 12.3. The van der Waals surface area contributed by atoms with Crippen LogP contribution in [-0.4, -0.2) is 80.4 Å². The number of piperidine rings is 1. The molecular formula is C13H25N3O4. The molecule has 0 radical (unpaired) electrons. The van der Waals surface area contributed by atoms with Crippen molar-refractivity contribution in [2.75, 3.05) is 53.6 Å². The van der Waals surface area contributed by atoms with Crippen LogP contribution in [0.3, 0.4) is 0 Å². The molecule has 0 bridgehead atoms. The predicted octanol–water partition coefficient (Wildman–Crippen LogP) is -0.495. The van der Waals surface area contributed by atoms with Crippen LogP contribution in [0.25, 0.3) is 0 Å². The lowest BCUT2D eigenvalue weighted by Crippen LogP contribution is -2.48. The molecule has 116 valence electrons. The van der Waals surface area contributed by atoms with Crippen LogP contribution in [0.2, 0.25) is 0 Å². The monoisotopic (exact) mass is 287 g/mol. The Morgan fingerprint density at radius 2 is 2.15 bits per heavy atom. The Hall–Kier alpha value is -1.34. The van der Waals surface area contributed by atoms with Crippen molar-refractivity contribution >= 4 is 11.9 Å². The van der Waals surface area contributed by atoms with E-state index in [0.717, 1.165) is 12.8 Å². The van der Waals surface area contributed by atoms with E-state index in [1.165, 1.54) is 4.90 Å². The van der Waals surface area contributed by atoms with Crippen molar-refractivity contribution in [3.05, 3.63) is 0 Å². The van der Waals surface area contributed by atoms with E-state index in [1.54, 1.807) is 19.0 Å². The normalized spacial score (nSPS) is 18.8. The van der Waals surface area contributed by atoms with Gasteiger partial charge < -0.3 is 25.0 Å². The van der Waals surface area contributed by atoms with Crippen molar-refractivity contribution in [1.82, 2.24) is 15.1 Å².